The average molecular weight is 543 g/mol. The number of aliphatic hydroxyl groups is 1. The lowest BCUT2D eigenvalue weighted by molar-refractivity contribution is -0.124. The van der Waals surface area contributed by atoms with Crippen LogP contribution < -0.4 is 10.6 Å². The number of carbonyl (C=O) groups is 1. The Morgan fingerprint density at radius 2 is 1.82 bits per heavy atom. The van der Waals surface area contributed by atoms with Gasteiger partial charge in [0.2, 0.25) is 11.8 Å². The van der Waals surface area contributed by atoms with Crippen molar-refractivity contribution in [2.45, 2.75) is 62.6 Å². The highest BCUT2D eigenvalue weighted by Gasteiger charge is 2.33. The third-order valence-electron chi connectivity index (χ3n) is 6.99. The summed E-state index contributed by atoms with van der Waals surface area (Å²) in [7, 11) is -1.56. The van der Waals surface area contributed by atoms with E-state index in [1.807, 2.05) is 32.2 Å². The number of amides is 1. The minimum Gasteiger partial charge on any atom is -0.438 e. The van der Waals surface area contributed by atoms with E-state index in [9.17, 15) is 18.3 Å². The summed E-state index contributed by atoms with van der Waals surface area (Å²) in [5, 5.41) is 17.4. The van der Waals surface area contributed by atoms with E-state index in [1.54, 1.807) is 36.4 Å². The number of carbonyl (C=O) groups excluding carboxylic acids is 1. The quantitative estimate of drug-likeness (QED) is 0.319. The first-order valence-corrected chi connectivity index (χ1v) is 15.1. The number of rotatable bonds is 12. The van der Waals surface area contributed by atoms with Crippen molar-refractivity contribution in [2.24, 2.45) is 0 Å². The van der Waals surface area contributed by atoms with Crippen LogP contribution in [0.2, 0.25) is 0 Å². The molecule has 3 N–H and O–H groups in total. The zero-order chi connectivity index (χ0) is 27.1. The lowest BCUT2D eigenvalue weighted by Crippen LogP contribution is -2.56. The predicted octanol–water partition coefficient (Wildman–Crippen LogP) is 2.81. The molecular formula is C28H38N4O5S. The summed E-state index contributed by atoms with van der Waals surface area (Å²) < 4.78 is 32.1. The number of para-hydroxylation sites is 2. The molecule has 1 aliphatic rings. The Labute approximate surface area is 224 Å². The van der Waals surface area contributed by atoms with Gasteiger partial charge in [0.15, 0.2) is 21.5 Å². The summed E-state index contributed by atoms with van der Waals surface area (Å²) in [6.45, 7) is 3.70. The third kappa shape index (κ3) is 7.63. The molecule has 1 amide bonds. The molecule has 38 heavy (non-hydrogen) atoms. The molecule has 10 heteroatoms. The highest BCUT2D eigenvalue weighted by Crippen LogP contribution is 2.24. The molecule has 0 bridgehead atoms. The van der Waals surface area contributed by atoms with Gasteiger partial charge in [0.1, 0.15) is 11.6 Å². The second-order valence-electron chi connectivity index (χ2n) is 10.2. The zero-order valence-electron chi connectivity index (χ0n) is 22.0. The SMILES string of the molecule is CCCC(NC(=O)C(CS(=O)(=O)Cc1ccccc1)NC1CCN(C)CC1)C(O)c1nc2ccccc2o1. The van der Waals surface area contributed by atoms with Crippen molar-refractivity contribution >= 4 is 26.8 Å². The fraction of sp³-hybridized carbons (Fsp3) is 0.500. The lowest BCUT2D eigenvalue weighted by atomic mass is 10.0. The molecular weight excluding hydrogens is 504 g/mol. The van der Waals surface area contributed by atoms with Crippen LogP contribution in [-0.2, 0) is 20.4 Å². The van der Waals surface area contributed by atoms with Crippen LogP contribution in [-0.4, -0.2) is 73.3 Å². The summed E-state index contributed by atoms with van der Waals surface area (Å²) in [6, 6.07) is 14.6. The van der Waals surface area contributed by atoms with Crippen molar-refractivity contribution in [3.8, 4) is 0 Å². The van der Waals surface area contributed by atoms with Gasteiger partial charge in [-0.2, -0.15) is 0 Å². The van der Waals surface area contributed by atoms with Gasteiger partial charge in [0.05, 0.1) is 17.5 Å². The molecule has 1 saturated heterocycles. The minimum absolute atomic E-state index is 0.0282. The Kier molecular flexibility index (Phi) is 9.54. The van der Waals surface area contributed by atoms with E-state index in [0.717, 1.165) is 25.9 Å². The number of nitrogens with zero attached hydrogens (tertiary/aromatic N) is 2. The Hall–Kier alpha value is -2.79. The molecule has 4 rings (SSSR count). The number of nitrogens with one attached hydrogen (secondary N) is 2. The Balaban J connectivity index is 1.51. The van der Waals surface area contributed by atoms with Crippen molar-refractivity contribution < 1.29 is 22.7 Å². The van der Waals surface area contributed by atoms with Gasteiger partial charge >= 0.3 is 0 Å². The molecule has 206 valence electrons. The Bertz CT molecular complexity index is 1260. The Morgan fingerprint density at radius 3 is 2.50 bits per heavy atom. The van der Waals surface area contributed by atoms with Crippen molar-refractivity contribution in [2.75, 3.05) is 25.9 Å². The van der Waals surface area contributed by atoms with E-state index >= 15 is 0 Å². The number of hydrogen-bond acceptors (Lipinski definition) is 8. The summed E-state index contributed by atoms with van der Waals surface area (Å²) in [5.41, 5.74) is 1.86. The summed E-state index contributed by atoms with van der Waals surface area (Å²) in [4.78, 5) is 20.2. The number of aromatic nitrogens is 1. The molecule has 3 aromatic rings. The van der Waals surface area contributed by atoms with Crippen molar-refractivity contribution in [1.29, 1.82) is 0 Å². The van der Waals surface area contributed by atoms with Crippen LogP contribution in [0.15, 0.2) is 59.0 Å². The molecule has 2 heterocycles. The molecule has 3 unspecified atom stereocenters. The second kappa shape index (κ2) is 12.8. The van der Waals surface area contributed by atoms with Crippen LogP contribution in [0.5, 0.6) is 0 Å². The number of aliphatic hydroxyl groups excluding tert-OH is 1. The van der Waals surface area contributed by atoms with Crippen molar-refractivity contribution in [3.05, 3.63) is 66.1 Å². The van der Waals surface area contributed by atoms with Gasteiger partial charge in [0, 0.05) is 6.04 Å². The summed E-state index contributed by atoms with van der Waals surface area (Å²) in [5.74, 6) is -0.801. The fourth-order valence-electron chi connectivity index (χ4n) is 4.89. The number of hydrogen-bond donors (Lipinski definition) is 3. The third-order valence-corrected chi connectivity index (χ3v) is 8.61. The molecule has 3 atom stereocenters. The number of likely N-dealkylation sites (tertiary alicyclic amines) is 1. The first-order valence-electron chi connectivity index (χ1n) is 13.3. The highest BCUT2D eigenvalue weighted by atomic mass is 32.2. The number of fused-ring (bicyclic) bond motifs is 1. The standard InChI is InChI=1S/C28H38N4O5S/c1-3-9-23(26(33)28-31-22-12-7-8-13-25(22)37-28)30-27(34)24(29-21-14-16-32(2)17-15-21)19-38(35,36)18-20-10-5-4-6-11-20/h4-8,10-13,21,23-24,26,29,33H,3,9,14-19H2,1-2H3,(H,30,34). The number of oxazole rings is 1. The van der Waals surface area contributed by atoms with Crippen molar-refractivity contribution in [1.82, 2.24) is 20.5 Å². The van der Waals surface area contributed by atoms with Gasteiger partial charge in [-0.3, -0.25) is 4.79 Å². The average Bonchev–Trinajstić information content (AvgIpc) is 3.33. The molecule has 0 saturated carbocycles. The Morgan fingerprint density at radius 1 is 1.13 bits per heavy atom. The number of sulfone groups is 1. The van der Waals surface area contributed by atoms with Gasteiger partial charge in [-0.25, -0.2) is 13.4 Å². The topological polar surface area (TPSA) is 125 Å². The molecule has 1 fully saturated rings. The van der Waals surface area contributed by atoms with Gasteiger partial charge in [-0.05, 0) is 57.1 Å². The van der Waals surface area contributed by atoms with Gasteiger partial charge in [-0.1, -0.05) is 55.8 Å². The number of benzene rings is 2. The van der Waals surface area contributed by atoms with E-state index < -0.39 is 33.9 Å². The van der Waals surface area contributed by atoms with Crippen LogP contribution in [0, 0.1) is 0 Å². The highest BCUT2D eigenvalue weighted by molar-refractivity contribution is 7.90. The van der Waals surface area contributed by atoms with Crippen LogP contribution >= 0.6 is 0 Å². The monoisotopic (exact) mass is 542 g/mol. The van der Waals surface area contributed by atoms with Gasteiger partial charge < -0.3 is 25.1 Å². The van der Waals surface area contributed by atoms with Crippen LogP contribution in [0.3, 0.4) is 0 Å². The molecule has 1 aliphatic heterocycles. The second-order valence-corrected chi connectivity index (χ2v) is 12.3. The summed E-state index contributed by atoms with van der Waals surface area (Å²) >= 11 is 0. The van der Waals surface area contributed by atoms with Crippen LogP contribution in [0.25, 0.3) is 11.1 Å². The van der Waals surface area contributed by atoms with E-state index in [1.165, 1.54) is 0 Å². The molecule has 2 aromatic carbocycles. The largest absolute Gasteiger partial charge is 0.438 e. The van der Waals surface area contributed by atoms with Crippen molar-refractivity contribution in [3.63, 3.8) is 0 Å². The molecule has 0 aliphatic carbocycles. The maximum absolute atomic E-state index is 13.6. The lowest BCUT2D eigenvalue weighted by Gasteiger charge is -2.33. The maximum Gasteiger partial charge on any atom is 0.238 e. The molecule has 0 spiro atoms. The van der Waals surface area contributed by atoms with E-state index in [0.29, 0.717) is 29.5 Å². The van der Waals surface area contributed by atoms with Gasteiger partial charge in [0.25, 0.3) is 0 Å². The van der Waals surface area contributed by atoms with E-state index in [-0.39, 0.29) is 23.4 Å². The van der Waals surface area contributed by atoms with Gasteiger partial charge in [-0.15, -0.1) is 0 Å². The zero-order valence-corrected chi connectivity index (χ0v) is 22.9. The normalized spacial score (nSPS) is 17.8. The van der Waals surface area contributed by atoms with E-state index in [4.69, 9.17) is 4.42 Å². The fourth-order valence-corrected chi connectivity index (χ4v) is 6.47. The van der Waals surface area contributed by atoms with Crippen LogP contribution in [0.4, 0.5) is 0 Å². The molecule has 0 radical (unpaired) electrons. The van der Waals surface area contributed by atoms with E-state index in [2.05, 4.69) is 20.5 Å². The molecule has 1 aromatic heterocycles. The number of piperidine rings is 1. The first-order chi connectivity index (χ1) is 18.2. The molecule has 9 nitrogen and oxygen atoms in total. The first kappa shape index (κ1) is 28.2. The predicted molar refractivity (Wildman–Crippen MR) is 147 cm³/mol. The van der Waals surface area contributed by atoms with Crippen LogP contribution in [0.1, 0.15) is 50.2 Å². The summed E-state index contributed by atoms with van der Waals surface area (Å²) in [6.07, 6.45) is 1.65. The maximum atomic E-state index is 13.6. The minimum atomic E-state index is -3.61. The smallest absolute Gasteiger partial charge is 0.238 e.